The molecule has 0 heterocycles. The van der Waals surface area contributed by atoms with E-state index in [2.05, 4.69) is 0 Å². The van der Waals surface area contributed by atoms with Crippen molar-refractivity contribution in [2.45, 2.75) is 12.3 Å². The third-order valence-electron chi connectivity index (χ3n) is 0.429. The van der Waals surface area contributed by atoms with E-state index in [1.165, 1.54) is 0 Å². The van der Waals surface area contributed by atoms with E-state index in [-0.39, 0.29) is 23.6 Å². The van der Waals surface area contributed by atoms with Gasteiger partial charge < -0.3 is 5.73 Å². The summed E-state index contributed by atoms with van der Waals surface area (Å²) in [5.74, 6) is 0.0247. The number of hydrogen-bond donors (Lipinski definition) is 2. The molecule has 0 spiro atoms. The van der Waals surface area contributed by atoms with Crippen LogP contribution in [-0.4, -0.2) is 11.2 Å². The van der Waals surface area contributed by atoms with E-state index in [0.29, 0.717) is 0 Å². The van der Waals surface area contributed by atoms with Gasteiger partial charge in [-0.2, -0.15) is 0 Å². The SMILES string of the molecule is CC(Cl)C(=N)N.Cl. The molecule has 0 saturated heterocycles. The average Bonchev–Trinajstić information content (AvgIpc) is 1.36. The second kappa shape index (κ2) is 4.22. The first-order chi connectivity index (χ1) is 2.64. The Morgan fingerprint density at radius 3 is 2.00 bits per heavy atom. The highest BCUT2D eigenvalue weighted by atomic mass is 35.5. The van der Waals surface area contributed by atoms with Crippen LogP contribution in [0.2, 0.25) is 0 Å². The largest absolute Gasteiger partial charge is 0.386 e. The van der Waals surface area contributed by atoms with Gasteiger partial charge in [-0.1, -0.05) is 0 Å². The van der Waals surface area contributed by atoms with Crippen LogP contribution in [0.3, 0.4) is 0 Å². The smallest absolute Gasteiger partial charge is 0.109 e. The molecule has 0 radical (unpaired) electrons. The second-order valence-electron chi connectivity index (χ2n) is 1.07. The van der Waals surface area contributed by atoms with Crippen molar-refractivity contribution in [3.05, 3.63) is 0 Å². The molecule has 4 heteroatoms. The number of halogens is 2. The average molecular weight is 143 g/mol. The zero-order chi connectivity index (χ0) is 5.15. The lowest BCUT2D eigenvalue weighted by atomic mass is 10.5. The van der Waals surface area contributed by atoms with Crippen LogP contribution in [0, 0.1) is 5.41 Å². The zero-order valence-electron chi connectivity index (χ0n) is 3.94. The Morgan fingerprint density at radius 1 is 1.86 bits per heavy atom. The van der Waals surface area contributed by atoms with Crippen LogP contribution in [0.4, 0.5) is 0 Å². The molecular formula is C3H8Cl2N2. The first-order valence-corrected chi connectivity index (χ1v) is 2.06. The first-order valence-electron chi connectivity index (χ1n) is 1.62. The third kappa shape index (κ3) is 6.05. The normalized spacial score (nSPS) is 11.7. The lowest BCUT2D eigenvalue weighted by Crippen LogP contribution is -2.19. The lowest BCUT2D eigenvalue weighted by molar-refractivity contribution is 1.22. The van der Waals surface area contributed by atoms with E-state index in [4.69, 9.17) is 22.7 Å². The molecule has 0 aliphatic rings. The maximum atomic E-state index is 6.59. The molecule has 3 N–H and O–H groups in total. The molecule has 1 unspecified atom stereocenters. The minimum absolute atomic E-state index is 0. The summed E-state index contributed by atoms with van der Waals surface area (Å²) in [5.41, 5.74) is 4.89. The van der Waals surface area contributed by atoms with Crippen LogP contribution in [0.1, 0.15) is 6.92 Å². The van der Waals surface area contributed by atoms with E-state index in [1.54, 1.807) is 6.92 Å². The predicted octanol–water partition coefficient (Wildman–Crippen LogP) is 0.971. The fraction of sp³-hybridized carbons (Fsp3) is 0.667. The molecule has 2 nitrogen and oxygen atoms in total. The summed E-state index contributed by atoms with van der Waals surface area (Å²) >= 11 is 5.26. The molecule has 0 rings (SSSR count). The molecule has 0 aliphatic carbocycles. The topological polar surface area (TPSA) is 49.9 Å². The number of nitrogens with two attached hydrogens (primary N) is 1. The van der Waals surface area contributed by atoms with Gasteiger partial charge in [-0.3, -0.25) is 5.41 Å². The molecule has 0 bridgehead atoms. The minimum atomic E-state index is -0.315. The number of alkyl halides is 1. The van der Waals surface area contributed by atoms with Gasteiger partial charge in [0.15, 0.2) is 0 Å². The third-order valence-corrected chi connectivity index (χ3v) is 0.664. The lowest BCUT2D eigenvalue weighted by Gasteiger charge is -1.92. The Morgan fingerprint density at radius 2 is 2.00 bits per heavy atom. The van der Waals surface area contributed by atoms with E-state index >= 15 is 0 Å². The van der Waals surface area contributed by atoms with Crippen LogP contribution < -0.4 is 5.73 Å². The second-order valence-corrected chi connectivity index (χ2v) is 1.73. The Kier molecular flexibility index (Phi) is 6.09. The molecule has 0 fully saturated rings. The van der Waals surface area contributed by atoms with Crippen LogP contribution in [-0.2, 0) is 0 Å². The molecule has 0 aromatic carbocycles. The van der Waals surface area contributed by atoms with Crippen LogP contribution in [0.5, 0.6) is 0 Å². The van der Waals surface area contributed by atoms with Crippen LogP contribution in [0.25, 0.3) is 0 Å². The summed E-state index contributed by atoms with van der Waals surface area (Å²) in [7, 11) is 0. The fourth-order valence-electron chi connectivity index (χ4n) is 0. The minimum Gasteiger partial charge on any atom is -0.386 e. The van der Waals surface area contributed by atoms with Gasteiger partial charge in [0, 0.05) is 0 Å². The summed E-state index contributed by atoms with van der Waals surface area (Å²) in [5, 5.41) is 6.28. The molecule has 1 atom stereocenters. The predicted molar refractivity (Wildman–Crippen MR) is 34.5 cm³/mol. The van der Waals surface area contributed by atoms with Crippen molar-refractivity contribution in [2.75, 3.05) is 0 Å². The van der Waals surface area contributed by atoms with Crippen LogP contribution in [0.15, 0.2) is 0 Å². The van der Waals surface area contributed by atoms with E-state index < -0.39 is 0 Å². The van der Waals surface area contributed by atoms with Gasteiger partial charge in [-0.25, -0.2) is 0 Å². The van der Waals surface area contributed by atoms with Crippen molar-refractivity contribution in [1.29, 1.82) is 5.41 Å². The number of hydrogen-bond acceptors (Lipinski definition) is 1. The zero-order valence-corrected chi connectivity index (χ0v) is 5.51. The monoisotopic (exact) mass is 142 g/mol. The highest BCUT2D eigenvalue weighted by Gasteiger charge is 1.94. The summed E-state index contributed by atoms with van der Waals surface area (Å²) in [6, 6.07) is 0. The van der Waals surface area contributed by atoms with Crippen LogP contribution >= 0.6 is 24.0 Å². The highest BCUT2D eigenvalue weighted by molar-refractivity contribution is 6.30. The van der Waals surface area contributed by atoms with Crippen molar-refractivity contribution in [3.63, 3.8) is 0 Å². The number of rotatable bonds is 1. The molecule has 0 saturated carbocycles. The Balaban J connectivity index is 0. The van der Waals surface area contributed by atoms with Gasteiger partial charge in [0.05, 0.1) is 5.38 Å². The Labute approximate surface area is 54.0 Å². The Hall–Kier alpha value is 0.0500. The van der Waals surface area contributed by atoms with Gasteiger partial charge in [-0.15, -0.1) is 24.0 Å². The highest BCUT2D eigenvalue weighted by Crippen LogP contribution is 1.88. The van der Waals surface area contributed by atoms with E-state index in [1.807, 2.05) is 0 Å². The summed E-state index contributed by atoms with van der Waals surface area (Å²) < 4.78 is 0. The molecule has 0 amide bonds. The molecule has 0 aromatic heterocycles. The van der Waals surface area contributed by atoms with Gasteiger partial charge in [0.25, 0.3) is 0 Å². The van der Waals surface area contributed by atoms with Crippen molar-refractivity contribution in [3.8, 4) is 0 Å². The molecule has 7 heavy (non-hydrogen) atoms. The summed E-state index contributed by atoms with van der Waals surface area (Å²) in [6.45, 7) is 1.66. The number of amidine groups is 1. The number of nitrogens with one attached hydrogen (secondary N) is 1. The summed E-state index contributed by atoms with van der Waals surface area (Å²) in [4.78, 5) is 0. The van der Waals surface area contributed by atoms with E-state index in [9.17, 15) is 0 Å². The van der Waals surface area contributed by atoms with Crippen molar-refractivity contribution < 1.29 is 0 Å². The molecule has 44 valence electrons. The molecular weight excluding hydrogens is 135 g/mol. The quantitative estimate of drug-likeness (QED) is 0.320. The van der Waals surface area contributed by atoms with Gasteiger partial charge in [0.2, 0.25) is 0 Å². The van der Waals surface area contributed by atoms with Crippen molar-refractivity contribution >= 4 is 29.8 Å². The first kappa shape index (κ1) is 10.1. The standard InChI is InChI=1S/C3H7ClN2.ClH/c1-2(4)3(5)6;/h2H,1H3,(H3,5,6);1H. The fourth-order valence-corrected chi connectivity index (χ4v) is 0. The molecule has 0 aliphatic heterocycles. The Bertz CT molecular complexity index is 62.0. The van der Waals surface area contributed by atoms with Crippen molar-refractivity contribution in [1.82, 2.24) is 0 Å². The molecule has 0 aromatic rings. The van der Waals surface area contributed by atoms with Gasteiger partial charge in [0.1, 0.15) is 5.84 Å². The van der Waals surface area contributed by atoms with Gasteiger partial charge >= 0.3 is 0 Å². The van der Waals surface area contributed by atoms with Crippen molar-refractivity contribution in [2.24, 2.45) is 5.73 Å². The van der Waals surface area contributed by atoms with Gasteiger partial charge in [-0.05, 0) is 6.92 Å². The van der Waals surface area contributed by atoms with E-state index in [0.717, 1.165) is 0 Å². The maximum absolute atomic E-state index is 6.59. The maximum Gasteiger partial charge on any atom is 0.109 e. The summed E-state index contributed by atoms with van der Waals surface area (Å²) in [6.07, 6.45) is 0.